The van der Waals surface area contributed by atoms with Crippen molar-refractivity contribution in [1.29, 1.82) is 0 Å². The fraction of sp³-hybridized carbons (Fsp3) is 0.533. The summed E-state index contributed by atoms with van der Waals surface area (Å²) >= 11 is 6.13. The summed E-state index contributed by atoms with van der Waals surface area (Å²) in [6, 6.07) is 6.01. The maximum absolute atomic E-state index is 6.13. The minimum Gasteiger partial charge on any atom is -0.328 e. The van der Waals surface area contributed by atoms with Gasteiger partial charge in [0.15, 0.2) is 0 Å². The van der Waals surface area contributed by atoms with Gasteiger partial charge in [0.1, 0.15) is 5.82 Å². The first-order chi connectivity index (χ1) is 9.29. The maximum Gasteiger partial charge on any atom is 0.113 e. The Morgan fingerprint density at radius 1 is 1.37 bits per heavy atom. The van der Waals surface area contributed by atoms with E-state index in [1.165, 1.54) is 24.2 Å². The number of nitrogens with zero attached hydrogens (tertiary/aromatic N) is 2. The summed E-state index contributed by atoms with van der Waals surface area (Å²) in [5, 5.41) is 4.21. The van der Waals surface area contributed by atoms with Crippen LogP contribution >= 0.6 is 11.6 Å². The zero-order valence-corrected chi connectivity index (χ0v) is 12.1. The molecule has 3 rings (SSSR count). The number of aromatic nitrogens is 2. The van der Waals surface area contributed by atoms with Crippen molar-refractivity contribution < 1.29 is 0 Å². The van der Waals surface area contributed by atoms with E-state index in [2.05, 4.69) is 16.8 Å². The molecule has 0 aliphatic carbocycles. The van der Waals surface area contributed by atoms with E-state index in [-0.39, 0.29) is 0 Å². The number of rotatable bonds is 3. The molecule has 1 saturated heterocycles. The highest BCUT2D eigenvalue weighted by molar-refractivity contribution is 6.31. The van der Waals surface area contributed by atoms with Crippen molar-refractivity contribution >= 4 is 22.6 Å². The summed E-state index contributed by atoms with van der Waals surface area (Å²) in [5.41, 5.74) is 2.26. The number of imidazole rings is 1. The van der Waals surface area contributed by atoms with Crippen LogP contribution in [0.5, 0.6) is 0 Å². The molecule has 1 aromatic carbocycles. The minimum absolute atomic E-state index is 0.582. The molecule has 0 atom stereocenters. The fourth-order valence-corrected chi connectivity index (χ4v) is 3.13. The highest BCUT2D eigenvalue weighted by Gasteiger charge is 2.22. The van der Waals surface area contributed by atoms with E-state index in [1.807, 2.05) is 18.2 Å². The second-order valence-corrected chi connectivity index (χ2v) is 5.72. The third kappa shape index (κ3) is 2.49. The molecule has 2 heterocycles. The van der Waals surface area contributed by atoms with Crippen LogP contribution in [0, 0.1) is 0 Å². The Bertz CT molecular complexity index is 570. The van der Waals surface area contributed by atoms with Crippen LogP contribution in [0.25, 0.3) is 11.0 Å². The van der Waals surface area contributed by atoms with Crippen molar-refractivity contribution in [2.24, 2.45) is 0 Å². The van der Waals surface area contributed by atoms with Gasteiger partial charge in [-0.15, -0.1) is 0 Å². The molecular weight excluding hydrogens is 258 g/mol. The molecule has 0 spiro atoms. The molecule has 0 saturated carbocycles. The van der Waals surface area contributed by atoms with Crippen molar-refractivity contribution in [2.45, 2.75) is 38.6 Å². The van der Waals surface area contributed by atoms with Crippen molar-refractivity contribution in [1.82, 2.24) is 14.9 Å². The van der Waals surface area contributed by atoms with Gasteiger partial charge in [0.05, 0.1) is 11.0 Å². The maximum atomic E-state index is 6.13. The number of hydrogen-bond donors (Lipinski definition) is 1. The van der Waals surface area contributed by atoms with E-state index in [0.29, 0.717) is 5.92 Å². The molecule has 0 amide bonds. The average Bonchev–Trinajstić information content (AvgIpc) is 2.79. The van der Waals surface area contributed by atoms with Crippen LogP contribution in [0.1, 0.15) is 37.9 Å². The third-order valence-electron chi connectivity index (χ3n) is 3.89. The lowest BCUT2D eigenvalue weighted by Gasteiger charge is -2.23. The van der Waals surface area contributed by atoms with Crippen LogP contribution in [-0.2, 0) is 6.54 Å². The number of benzene rings is 1. The predicted octanol–water partition coefficient (Wildman–Crippen LogP) is 3.57. The monoisotopic (exact) mass is 277 g/mol. The molecule has 2 aromatic rings. The Balaban J connectivity index is 2.08. The van der Waals surface area contributed by atoms with Gasteiger partial charge in [0, 0.05) is 17.5 Å². The van der Waals surface area contributed by atoms with Gasteiger partial charge in [-0.1, -0.05) is 18.5 Å². The first-order valence-corrected chi connectivity index (χ1v) is 7.54. The third-order valence-corrected chi connectivity index (χ3v) is 4.13. The summed E-state index contributed by atoms with van der Waals surface area (Å²) in [6.45, 7) is 5.43. The zero-order valence-electron chi connectivity index (χ0n) is 11.3. The molecule has 1 aliphatic rings. The Morgan fingerprint density at radius 3 is 2.89 bits per heavy atom. The Kier molecular flexibility index (Phi) is 3.76. The van der Waals surface area contributed by atoms with Gasteiger partial charge < -0.3 is 9.88 Å². The molecule has 102 valence electrons. The summed E-state index contributed by atoms with van der Waals surface area (Å²) in [4.78, 5) is 4.87. The molecule has 1 aliphatic heterocycles. The van der Waals surface area contributed by atoms with E-state index < -0.39 is 0 Å². The van der Waals surface area contributed by atoms with Crippen LogP contribution in [0.4, 0.5) is 0 Å². The minimum atomic E-state index is 0.582. The van der Waals surface area contributed by atoms with Crippen LogP contribution in [0.2, 0.25) is 5.02 Å². The van der Waals surface area contributed by atoms with Gasteiger partial charge in [-0.25, -0.2) is 4.98 Å². The number of piperidine rings is 1. The van der Waals surface area contributed by atoms with E-state index >= 15 is 0 Å². The van der Waals surface area contributed by atoms with Gasteiger partial charge in [0.25, 0.3) is 0 Å². The topological polar surface area (TPSA) is 29.9 Å². The predicted molar refractivity (Wildman–Crippen MR) is 79.9 cm³/mol. The fourth-order valence-electron chi connectivity index (χ4n) is 2.96. The Hall–Kier alpha value is -1.06. The highest BCUT2D eigenvalue weighted by atomic mass is 35.5. The second kappa shape index (κ2) is 5.51. The zero-order chi connectivity index (χ0) is 13.2. The van der Waals surface area contributed by atoms with Gasteiger partial charge in [0.2, 0.25) is 0 Å². The molecule has 0 radical (unpaired) electrons. The molecule has 1 fully saturated rings. The molecule has 4 heteroatoms. The number of fused-ring (bicyclic) bond motifs is 1. The van der Waals surface area contributed by atoms with Crippen LogP contribution in [0.3, 0.4) is 0 Å². The molecule has 3 nitrogen and oxygen atoms in total. The molecule has 1 aromatic heterocycles. The van der Waals surface area contributed by atoms with E-state index in [1.54, 1.807) is 0 Å². The largest absolute Gasteiger partial charge is 0.328 e. The van der Waals surface area contributed by atoms with Crippen molar-refractivity contribution in [3.63, 3.8) is 0 Å². The number of aryl methyl sites for hydroxylation is 1. The van der Waals surface area contributed by atoms with Gasteiger partial charge in [-0.2, -0.15) is 0 Å². The lowest BCUT2D eigenvalue weighted by molar-refractivity contribution is 0.431. The normalized spacial score (nSPS) is 17.2. The van der Waals surface area contributed by atoms with Gasteiger partial charge in [-0.3, -0.25) is 0 Å². The highest BCUT2D eigenvalue weighted by Crippen LogP contribution is 2.29. The number of halogens is 1. The van der Waals surface area contributed by atoms with Crippen molar-refractivity contribution in [3.8, 4) is 0 Å². The lowest BCUT2D eigenvalue weighted by Crippen LogP contribution is -2.28. The quantitative estimate of drug-likeness (QED) is 0.930. The molecule has 19 heavy (non-hydrogen) atoms. The Labute approximate surface area is 119 Å². The van der Waals surface area contributed by atoms with Crippen LogP contribution < -0.4 is 5.32 Å². The second-order valence-electron chi connectivity index (χ2n) is 5.28. The van der Waals surface area contributed by atoms with E-state index in [9.17, 15) is 0 Å². The molecule has 1 N–H and O–H groups in total. The first kappa shape index (κ1) is 12.9. The molecule has 0 bridgehead atoms. The van der Waals surface area contributed by atoms with E-state index in [4.69, 9.17) is 16.6 Å². The smallest absolute Gasteiger partial charge is 0.113 e. The SMILES string of the molecule is CCCn1c(C2CCNCC2)nc2ccc(Cl)cc21. The van der Waals surface area contributed by atoms with Crippen molar-refractivity contribution in [2.75, 3.05) is 13.1 Å². The van der Waals surface area contributed by atoms with Crippen LogP contribution in [0.15, 0.2) is 18.2 Å². The molecular formula is C15H20ClN3. The number of hydrogen-bond acceptors (Lipinski definition) is 2. The van der Waals surface area contributed by atoms with Gasteiger partial charge >= 0.3 is 0 Å². The number of nitrogens with one attached hydrogen (secondary N) is 1. The van der Waals surface area contributed by atoms with E-state index in [0.717, 1.165) is 36.6 Å². The Morgan fingerprint density at radius 2 is 2.16 bits per heavy atom. The van der Waals surface area contributed by atoms with Gasteiger partial charge in [-0.05, 0) is 50.6 Å². The standard InChI is InChI=1S/C15H20ClN3/c1-2-9-19-14-10-12(16)3-4-13(14)18-15(19)11-5-7-17-8-6-11/h3-4,10-11,17H,2,5-9H2,1H3. The first-order valence-electron chi connectivity index (χ1n) is 7.16. The summed E-state index contributed by atoms with van der Waals surface area (Å²) < 4.78 is 2.37. The average molecular weight is 278 g/mol. The van der Waals surface area contributed by atoms with Crippen molar-refractivity contribution in [3.05, 3.63) is 29.0 Å². The molecule has 0 unspecified atom stereocenters. The summed E-state index contributed by atoms with van der Waals surface area (Å²) in [6.07, 6.45) is 3.48. The lowest BCUT2D eigenvalue weighted by atomic mass is 9.97. The summed E-state index contributed by atoms with van der Waals surface area (Å²) in [7, 11) is 0. The summed E-state index contributed by atoms with van der Waals surface area (Å²) in [5.74, 6) is 1.83. The van der Waals surface area contributed by atoms with Crippen LogP contribution in [-0.4, -0.2) is 22.6 Å².